The van der Waals surface area contributed by atoms with Crippen LogP contribution >= 0.6 is 23.2 Å². The van der Waals surface area contributed by atoms with Crippen LogP contribution in [0.5, 0.6) is 0 Å². The summed E-state index contributed by atoms with van der Waals surface area (Å²) in [4.78, 5) is 14.2. The molecular weight excluding hydrogens is 331 g/mol. The minimum Gasteiger partial charge on any atom is -0.322 e. The first-order valence-corrected chi connectivity index (χ1v) is 8.11. The SMILES string of the molecule is Cc1ccc(C)c(CN(C)CC(=O)Nc2c(Cl)cccc2Cl)c1. The quantitative estimate of drug-likeness (QED) is 0.848. The van der Waals surface area contributed by atoms with Crippen LogP contribution in [0.25, 0.3) is 0 Å². The predicted octanol–water partition coefficient (Wildman–Crippen LogP) is 4.68. The number of hydrogen-bond acceptors (Lipinski definition) is 2. The number of nitrogens with one attached hydrogen (secondary N) is 1. The summed E-state index contributed by atoms with van der Waals surface area (Å²) in [7, 11) is 1.91. The van der Waals surface area contributed by atoms with Crippen LogP contribution < -0.4 is 5.32 Å². The zero-order chi connectivity index (χ0) is 17.0. The Morgan fingerprint density at radius 2 is 1.78 bits per heavy atom. The van der Waals surface area contributed by atoms with Crippen LogP contribution in [0.4, 0.5) is 5.69 Å². The molecule has 0 aliphatic rings. The molecule has 0 saturated carbocycles. The first-order valence-electron chi connectivity index (χ1n) is 7.35. The van der Waals surface area contributed by atoms with Gasteiger partial charge in [-0.05, 0) is 44.2 Å². The lowest BCUT2D eigenvalue weighted by Crippen LogP contribution is -2.30. The maximum atomic E-state index is 12.2. The van der Waals surface area contributed by atoms with Crippen molar-refractivity contribution in [3.63, 3.8) is 0 Å². The Labute approximate surface area is 147 Å². The molecule has 2 rings (SSSR count). The normalized spacial score (nSPS) is 10.9. The van der Waals surface area contributed by atoms with E-state index < -0.39 is 0 Å². The molecule has 2 aromatic carbocycles. The fourth-order valence-electron chi connectivity index (χ4n) is 2.36. The summed E-state index contributed by atoms with van der Waals surface area (Å²) in [5.41, 5.74) is 4.11. The van der Waals surface area contributed by atoms with E-state index in [1.807, 2.05) is 11.9 Å². The fourth-order valence-corrected chi connectivity index (χ4v) is 2.85. The highest BCUT2D eigenvalue weighted by Crippen LogP contribution is 2.29. The van der Waals surface area contributed by atoms with Crippen LogP contribution in [-0.4, -0.2) is 24.4 Å². The van der Waals surface area contributed by atoms with Gasteiger partial charge in [0, 0.05) is 6.54 Å². The molecule has 2 aromatic rings. The number of carbonyl (C=O) groups excluding carboxylic acids is 1. The van der Waals surface area contributed by atoms with Gasteiger partial charge in [0.2, 0.25) is 5.91 Å². The number of para-hydroxylation sites is 1. The Bertz CT molecular complexity index is 696. The highest BCUT2D eigenvalue weighted by Gasteiger charge is 2.12. The summed E-state index contributed by atoms with van der Waals surface area (Å²) in [5, 5.41) is 3.64. The fraction of sp³-hybridized carbons (Fsp3) is 0.278. The second-order valence-electron chi connectivity index (χ2n) is 5.75. The molecule has 0 atom stereocenters. The van der Waals surface area contributed by atoms with Crippen molar-refractivity contribution >= 4 is 34.8 Å². The Morgan fingerprint density at radius 3 is 2.43 bits per heavy atom. The van der Waals surface area contributed by atoms with Crippen LogP contribution in [0.1, 0.15) is 16.7 Å². The van der Waals surface area contributed by atoms with Gasteiger partial charge < -0.3 is 5.32 Å². The predicted molar refractivity (Wildman–Crippen MR) is 97.3 cm³/mol. The number of amides is 1. The summed E-state index contributed by atoms with van der Waals surface area (Å²) in [6.07, 6.45) is 0. The van der Waals surface area contributed by atoms with Gasteiger partial charge in [-0.15, -0.1) is 0 Å². The molecule has 5 heteroatoms. The van der Waals surface area contributed by atoms with Crippen molar-refractivity contribution in [2.75, 3.05) is 18.9 Å². The molecule has 0 spiro atoms. The van der Waals surface area contributed by atoms with Crippen molar-refractivity contribution in [2.45, 2.75) is 20.4 Å². The minimum atomic E-state index is -0.146. The molecule has 0 aromatic heterocycles. The topological polar surface area (TPSA) is 32.3 Å². The van der Waals surface area contributed by atoms with Gasteiger partial charge in [-0.25, -0.2) is 0 Å². The number of anilines is 1. The largest absolute Gasteiger partial charge is 0.322 e. The highest BCUT2D eigenvalue weighted by atomic mass is 35.5. The standard InChI is InChI=1S/C18H20Cl2N2O/c1-12-7-8-13(2)14(9-12)10-22(3)11-17(23)21-18-15(19)5-4-6-16(18)20/h4-9H,10-11H2,1-3H3,(H,21,23). The van der Waals surface area contributed by atoms with Crippen molar-refractivity contribution in [3.05, 3.63) is 63.1 Å². The summed E-state index contributed by atoms with van der Waals surface area (Å²) < 4.78 is 0. The van der Waals surface area contributed by atoms with Gasteiger partial charge in [-0.2, -0.15) is 0 Å². The van der Waals surface area contributed by atoms with Crippen LogP contribution in [0.15, 0.2) is 36.4 Å². The molecule has 0 radical (unpaired) electrons. The zero-order valence-electron chi connectivity index (χ0n) is 13.5. The van der Waals surface area contributed by atoms with E-state index in [-0.39, 0.29) is 12.5 Å². The van der Waals surface area contributed by atoms with Crippen LogP contribution in [0, 0.1) is 13.8 Å². The molecule has 0 aliphatic heterocycles. The zero-order valence-corrected chi connectivity index (χ0v) is 15.0. The van der Waals surface area contributed by atoms with Crippen molar-refractivity contribution in [1.82, 2.24) is 4.90 Å². The number of benzene rings is 2. The molecule has 0 heterocycles. The van der Waals surface area contributed by atoms with Crippen LogP contribution in [0.2, 0.25) is 10.0 Å². The molecule has 0 unspecified atom stereocenters. The third kappa shape index (κ3) is 4.96. The number of likely N-dealkylation sites (N-methyl/N-ethyl adjacent to an activating group) is 1. The number of halogens is 2. The molecule has 1 N–H and O–H groups in total. The van der Waals surface area contributed by atoms with Crippen molar-refractivity contribution < 1.29 is 4.79 Å². The highest BCUT2D eigenvalue weighted by molar-refractivity contribution is 6.39. The maximum absolute atomic E-state index is 12.2. The molecule has 0 bridgehead atoms. The van der Waals surface area contributed by atoms with E-state index >= 15 is 0 Å². The lowest BCUT2D eigenvalue weighted by atomic mass is 10.1. The Morgan fingerprint density at radius 1 is 1.13 bits per heavy atom. The maximum Gasteiger partial charge on any atom is 0.238 e. The van der Waals surface area contributed by atoms with Gasteiger partial charge in [-0.3, -0.25) is 9.69 Å². The number of hydrogen-bond donors (Lipinski definition) is 1. The number of carbonyl (C=O) groups is 1. The van der Waals surface area contributed by atoms with Gasteiger partial charge in [0.05, 0.1) is 22.3 Å². The third-order valence-electron chi connectivity index (χ3n) is 3.59. The minimum absolute atomic E-state index is 0.146. The lowest BCUT2D eigenvalue weighted by molar-refractivity contribution is -0.117. The first kappa shape index (κ1) is 17.8. The van der Waals surface area contributed by atoms with Gasteiger partial charge in [-0.1, -0.05) is 53.0 Å². The van der Waals surface area contributed by atoms with Crippen molar-refractivity contribution in [3.8, 4) is 0 Å². The van der Waals surface area contributed by atoms with Crippen LogP contribution in [-0.2, 0) is 11.3 Å². The van der Waals surface area contributed by atoms with Gasteiger partial charge in [0.1, 0.15) is 0 Å². The molecule has 0 fully saturated rings. The number of nitrogens with zero attached hydrogens (tertiary/aromatic N) is 1. The van der Waals surface area contributed by atoms with E-state index in [0.29, 0.717) is 22.3 Å². The molecule has 0 aliphatic carbocycles. The molecular formula is C18H20Cl2N2O. The second-order valence-corrected chi connectivity index (χ2v) is 6.56. The van der Waals surface area contributed by atoms with Crippen molar-refractivity contribution in [1.29, 1.82) is 0 Å². The van der Waals surface area contributed by atoms with Crippen LogP contribution in [0.3, 0.4) is 0 Å². The molecule has 122 valence electrons. The van der Waals surface area contributed by atoms with Gasteiger partial charge in [0.25, 0.3) is 0 Å². The first-order chi connectivity index (χ1) is 10.9. The second kappa shape index (κ2) is 7.82. The number of aryl methyl sites for hydroxylation is 2. The summed E-state index contributed by atoms with van der Waals surface area (Å²) in [5.74, 6) is -0.146. The Hall–Kier alpha value is -1.55. The van der Waals surface area contributed by atoms with Gasteiger partial charge in [0.15, 0.2) is 0 Å². The molecule has 0 saturated heterocycles. The smallest absolute Gasteiger partial charge is 0.238 e. The summed E-state index contributed by atoms with van der Waals surface area (Å²) in [6.45, 7) is 5.10. The van der Waals surface area contributed by atoms with E-state index in [1.54, 1.807) is 18.2 Å². The molecule has 1 amide bonds. The van der Waals surface area contributed by atoms with Gasteiger partial charge >= 0.3 is 0 Å². The molecule has 3 nitrogen and oxygen atoms in total. The van der Waals surface area contributed by atoms with E-state index in [1.165, 1.54) is 16.7 Å². The van der Waals surface area contributed by atoms with E-state index in [0.717, 1.165) is 0 Å². The van der Waals surface area contributed by atoms with E-state index in [4.69, 9.17) is 23.2 Å². The van der Waals surface area contributed by atoms with E-state index in [9.17, 15) is 4.79 Å². The molecule has 23 heavy (non-hydrogen) atoms. The number of rotatable bonds is 5. The average Bonchev–Trinajstić information content (AvgIpc) is 2.47. The average molecular weight is 351 g/mol. The summed E-state index contributed by atoms with van der Waals surface area (Å²) in [6, 6.07) is 11.5. The van der Waals surface area contributed by atoms with Crippen molar-refractivity contribution in [2.24, 2.45) is 0 Å². The summed E-state index contributed by atoms with van der Waals surface area (Å²) >= 11 is 12.1. The Balaban J connectivity index is 1.98. The van der Waals surface area contributed by atoms with E-state index in [2.05, 4.69) is 37.4 Å². The lowest BCUT2D eigenvalue weighted by Gasteiger charge is -2.18. The Kier molecular flexibility index (Phi) is 6.05. The monoisotopic (exact) mass is 350 g/mol. The third-order valence-corrected chi connectivity index (χ3v) is 4.22.